The molecule has 65 heavy (non-hydrogen) atoms. The zero-order valence-corrected chi connectivity index (χ0v) is 38.1. The number of hydrogen-bond acceptors (Lipinski definition) is 9. The Morgan fingerprint density at radius 2 is 1.68 bits per heavy atom. The van der Waals surface area contributed by atoms with Crippen LogP contribution in [-0.2, 0) is 20.8 Å². The summed E-state index contributed by atoms with van der Waals surface area (Å²) in [7, 11) is 0. The first-order valence-electron chi connectivity index (χ1n) is 23.5. The highest BCUT2D eigenvalue weighted by Crippen LogP contribution is 2.84. The number of aliphatic hydroxyl groups excluding tert-OH is 2. The van der Waals surface area contributed by atoms with Gasteiger partial charge < -0.3 is 42.1 Å². The number of allylic oxidation sites excluding steroid dienone is 2. The van der Waals surface area contributed by atoms with E-state index in [1.54, 1.807) is 25.2 Å². The quantitative estimate of drug-likeness (QED) is 0.0660. The van der Waals surface area contributed by atoms with E-state index >= 15 is 4.79 Å². The Morgan fingerprint density at radius 3 is 2.38 bits per heavy atom. The molecule has 0 saturated heterocycles. The molecule has 0 unspecified atom stereocenters. The fraction of sp³-hybridized carbons (Fsp3) is 0.585. The van der Waals surface area contributed by atoms with Crippen molar-refractivity contribution in [2.45, 2.75) is 146 Å². The zero-order valence-electron chi connectivity index (χ0n) is 38.1. The van der Waals surface area contributed by atoms with E-state index in [1.165, 1.54) is 12.5 Å². The van der Waals surface area contributed by atoms with Gasteiger partial charge in [-0.1, -0.05) is 81.8 Å². The molecule has 0 radical (unpaired) electrons. The molecule has 0 aromatic heterocycles. The summed E-state index contributed by atoms with van der Waals surface area (Å²) in [5.74, 6) is 2.75. The first-order chi connectivity index (χ1) is 30.5. The van der Waals surface area contributed by atoms with E-state index in [4.69, 9.17) is 11.5 Å². The van der Waals surface area contributed by atoms with Crippen molar-refractivity contribution in [3.8, 4) is 11.8 Å². The van der Waals surface area contributed by atoms with Gasteiger partial charge in [0.15, 0.2) is 11.7 Å². The van der Waals surface area contributed by atoms with Gasteiger partial charge in [0.1, 0.15) is 28.6 Å². The van der Waals surface area contributed by atoms with Gasteiger partial charge in [0, 0.05) is 76.7 Å². The molecule has 12 heteroatoms. The van der Waals surface area contributed by atoms with E-state index in [1.807, 2.05) is 32.1 Å². The zero-order chi connectivity index (χ0) is 46.7. The molecule has 0 amide bonds. The average Bonchev–Trinajstić information content (AvgIpc) is 3.40. The summed E-state index contributed by atoms with van der Waals surface area (Å²) in [6, 6.07) is 8.20. The molecule has 3 fully saturated rings. The minimum Gasteiger partial charge on any atom is -0.478 e. The van der Waals surface area contributed by atoms with Crippen LogP contribution in [0.5, 0.6) is 0 Å². The van der Waals surface area contributed by atoms with Crippen LogP contribution >= 0.6 is 0 Å². The molecule has 1 aromatic carbocycles. The number of aliphatic carboxylic acids is 1. The maximum absolute atomic E-state index is 15.9. The normalized spacial score (nSPS) is 46.6. The lowest BCUT2D eigenvalue weighted by Gasteiger charge is -2.70. The van der Waals surface area contributed by atoms with Gasteiger partial charge in [0.2, 0.25) is 0 Å². The molecular formula is C53H63N3O9. The number of carboxylic acids is 1. The number of rotatable bonds is 5. The van der Waals surface area contributed by atoms with Crippen LogP contribution in [-0.4, -0.2) is 88.7 Å². The van der Waals surface area contributed by atoms with Gasteiger partial charge in [-0.25, -0.2) is 9.79 Å². The molecular weight excluding hydrogens is 823 g/mol. The Balaban J connectivity index is 1.27. The fourth-order valence-electron chi connectivity index (χ4n) is 16.8. The van der Waals surface area contributed by atoms with Gasteiger partial charge in [-0.05, 0) is 91.6 Å². The number of carboxylic acid groups (broad SMARTS) is 1. The van der Waals surface area contributed by atoms with Crippen molar-refractivity contribution < 1.29 is 45.0 Å². The molecule has 0 heterocycles. The monoisotopic (exact) mass is 885 g/mol. The van der Waals surface area contributed by atoms with Crippen molar-refractivity contribution in [2.24, 2.45) is 61.3 Å². The number of aliphatic hydroxyl groups is 5. The number of nitrogens with two attached hydrogens (primary N) is 2. The van der Waals surface area contributed by atoms with E-state index in [0.717, 1.165) is 17.6 Å². The molecule has 9 aliphatic carbocycles. The highest BCUT2D eigenvalue weighted by molar-refractivity contribution is 6.02. The fourth-order valence-corrected chi connectivity index (χ4v) is 16.8. The van der Waals surface area contributed by atoms with E-state index < -0.39 is 85.3 Å². The lowest BCUT2D eigenvalue weighted by atomic mass is 9.33. The highest BCUT2D eigenvalue weighted by Gasteiger charge is 2.85. The van der Waals surface area contributed by atoms with Gasteiger partial charge in [-0.2, -0.15) is 0 Å². The predicted octanol–water partition coefficient (Wildman–Crippen LogP) is 4.77. The van der Waals surface area contributed by atoms with Gasteiger partial charge >= 0.3 is 5.97 Å². The number of ketones is 2. The van der Waals surface area contributed by atoms with Crippen molar-refractivity contribution in [1.82, 2.24) is 0 Å². The third-order valence-corrected chi connectivity index (χ3v) is 19.5. The number of carbonyl (C=O) groups is 3. The van der Waals surface area contributed by atoms with Crippen molar-refractivity contribution in [3.63, 3.8) is 0 Å². The molecule has 9 aliphatic rings. The summed E-state index contributed by atoms with van der Waals surface area (Å²) < 4.78 is 0. The van der Waals surface area contributed by atoms with Crippen molar-refractivity contribution in [2.75, 3.05) is 0 Å². The van der Waals surface area contributed by atoms with E-state index in [0.29, 0.717) is 24.0 Å². The van der Waals surface area contributed by atoms with E-state index in [-0.39, 0.29) is 86.5 Å². The Morgan fingerprint density at radius 1 is 0.938 bits per heavy atom. The molecule has 2 spiro atoms. The van der Waals surface area contributed by atoms with Crippen LogP contribution in [0.1, 0.15) is 116 Å². The second-order valence-electron chi connectivity index (χ2n) is 22.2. The molecule has 10 rings (SSSR count). The Labute approximate surface area is 380 Å². The number of Topliss-reactive ketones (excluding diaryl/α,β-unsaturated/α-hetero) is 2. The standard InChI is InChI=1S/C53H63N3O9/c1-29(57)25-35(43(61)62)34-15-20-49(56-44(54)55)22-21-48(30(2)53(49,65)42(34)60)28-50(63)23-24-51(64)38(33-14-13-31-11-7-8-12-32(31)26-33)40-45(3)17-9-6-10-18-52(50)41(51)39(36(58)27-47(48,52)5)46(40,4)19-16-37(45)59/h7-8,11-12,21-24,26,29-30,38,40,42,57,60,63-65H,10,13-20,25,27-28H2,1-5H3,(H,61,62)(H4,54,55,56)/b35-34+/t29-,30-,38+,40+,42+,45+,46+,47+,48+,49-,50-,51+,52-,53+/m0/s1. The van der Waals surface area contributed by atoms with Crippen molar-refractivity contribution >= 4 is 29.6 Å². The molecule has 4 bridgehead atoms. The summed E-state index contributed by atoms with van der Waals surface area (Å²) >= 11 is 0. The van der Waals surface area contributed by atoms with Gasteiger partial charge in [0.25, 0.3) is 0 Å². The van der Waals surface area contributed by atoms with E-state index in [2.05, 4.69) is 42.0 Å². The van der Waals surface area contributed by atoms with Gasteiger partial charge in [-0.3, -0.25) is 9.59 Å². The topological polar surface area (TPSA) is 237 Å². The molecule has 0 aliphatic heterocycles. The maximum atomic E-state index is 15.9. The first kappa shape index (κ1) is 44.2. The lowest BCUT2D eigenvalue weighted by Crippen LogP contribution is -2.74. The predicted molar refractivity (Wildman–Crippen MR) is 243 cm³/mol. The number of aryl methyl sites for hydroxylation is 1. The van der Waals surface area contributed by atoms with Crippen LogP contribution in [0.25, 0.3) is 6.08 Å². The van der Waals surface area contributed by atoms with Crippen LogP contribution in [0.15, 0.2) is 81.4 Å². The van der Waals surface area contributed by atoms with Crippen molar-refractivity contribution in [1.29, 1.82) is 0 Å². The Bertz CT molecular complexity index is 2630. The number of aliphatic imine (C=N–C) groups is 1. The number of fused-ring (bicyclic) bond motifs is 4. The van der Waals surface area contributed by atoms with Gasteiger partial charge in [0.05, 0.1) is 11.7 Å². The SMILES string of the molecule is C[C@H](O)C/C(C(=O)O)=C1/CC[C@]2(N=C(N)N)C=C[C@@]3(C[C@@]4(O)C=C[C@]5(O)C6=C7C(=O)C[C@@]3(C)[C@]64CCC#CC[C@]3(C)C(=O)CC[C@@]7(C)[C@@H]3[C@H]5C3=Cc4ccccc4CC3)[C@H](C)[C@@]2(O)[C@@H]1O. The molecule has 14 atom stereocenters. The number of hydrogen-bond donors (Lipinski definition) is 8. The number of benzene rings is 1. The first-order valence-corrected chi connectivity index (χ1v) is 23.5. The average molecular weight is 886 g/mol. The second-order valence-corrected chi connectivity index (χ2v) is 22.2. The summed E-state index contributed by atoms with van der Waals surface area (Å²) in [6.45, 7) is 9.29. The summed E-state index contributed by atoms with van der Waals surface area (Å²) in [5.41, 5.74) is 2.75. The van der Waals surface area contributed by atoms with Crippen molar-refractivity contribution in [3.05, 3.63) is 87.6 Å². The summed E-state index contributed by atoms with van der Waals surface area (Å²) in [4.78, 5) is 48.0. The Kier molecular flexibility index (Phi) is 9.34. The molecule has 1 aromatic rings. The number of nitrogens with zero attached hydrogens (tertiary/aromatic N) is 1. The molecule has 3 saturated carbocycles. The van der Waals surface area contributed by atoms with Crippen LogP contribution in [0, 0.1) is 56.7 Å². The molecule has 344 valence electrons. The molecule has 10 N–H and O–H groups in total. The molecule has 12 nitrogen and oxygen atoms in total. The third kappa shape index (κ3) is 5.12. The summed E-state index contributed by atoms with van der Waals surface area (Å²) in [6.07, 6.45) is 8.63. The highest BCUT2D eigenvalue weighted by atomic mass is 16.4. The lowest BCUT2D eigenvalue weighted by molar-refractivity contribution is -0.200. The largest absolute Gasteiger partial charge is 0.478 e. The minimum absolute atomic E-state index is 0.00410. The number of carbonyl (C=O) groups excluding carboxylic acids is 2. The summed E-state index contributed by atoms with van der Waals surface area (Å²) in [5, 5.41) is 75.6. The van der Waals surface area contributed by atoms with Crippen LogP contribution < -0.4 is 11.5 Å². The Hall–Kier alpha value is -4.64. The maximum Gasteiger partial charge on any atom is 0.331 e. The van der Waals surface area contributed by atoms with Gasteiger partial charge in [-0.15, -0.1) is 11.8 Å². The second kappa shape index (κ2) is 13.7. The minimum atomic E-state index is -2.31. The van der Waals surface area contributed by atoms with Crippen LogP contribution in [0.2, 0.25) is 0 Å². The smallest absolute Gasteiger partial charge is 0.331 e. The van der Waals surface area contributed by atoms with E-state index in [9.17, 15) is 40.2 Å². The third-order valence-electron chi connectivity index (χ3n) is 19.5. The number of guanidine groups is 1. The van der Waals surface area contributed by atoms with Crippen LogP contribution in [0.3, 0.4) is 0 Å². The van der Waals surface area contributed by atoms with Crippen LogP contribution in [0.4, 0.5) is 0 Å².